The number of anilines is 1. The van der Waals surface area contributed by atoms with E-state index in [0.29, 0.717) is 6.54 Å². The highest BCUT2D eigenvalue weighted by Gasteiger charge is 2.25. The topological polar surface area (TPSA) is 36.0 Å². The summed E-state index contributed by atoms with van der Waals surface area (Å²) in [6.45, 7) is 8.33. The van der Waals surface area contributed by atoms with Crippen LogP contribution in [-0.2, 0) is 4.79 Å². The van der Waals surface area contributed by atoms with Crippen molar-refractivity contribution >= 4 is 11.6 Å². The van der Waals surface area contributed by atoms with Crippen LogP contribution in [0.3, 0.4) is 0 Å². The van der Waals surface area contributed by atoms with Gasteiger partial charge < -0.3 is 14.5 Å². The summed E-state index contributed by atoms with van der Waals surface area (Å²) in [5.74, 6) is 1.99. The Morgan fingerprint density at radius 1 is 1.08 bits per heavy atom. The molecule has 0 bridgehead atoms. The third-order valence-corrected chi connectivity index (χ3v) is 5.29. The monoisotopic (exact) mass is 331 g/mol. The molecule has 2 fully saturated rings. The van der Waals surface area contributed by atoms with Crippen LogP contribution in [0.2, 0.25) is 0 Å². The molecule has 0 atom stereocenters. The molecule has 132 valence electrons. The van der Waals surface area contributed by atoms with Crippen LogP contribution in [0.15, 0.2) is 24.3 Å². The number of carbonyl (C=O) groups excluding carboxylic acids is 1. The third-order valence-electron chi connectivity index (χ3n) is 5.29. The summed E-state index contributed by atoms with van der Waals surface area (Å²) in [7, 11) is 1.71. The van der Waals surface area contributed by atoms with Gasteiger partial charge in [0.15, 0.2) is 0 Å². The van der Waals surface area contributed by atoms with Gasteiger partial charge in [-0.1, -0.05) is 19.1 Å². The van der Waals surface area contributed by atoms with E-state index < -0.39 is 0 Å². The van der Waals surface area contributed by atoms with E-state index in [2.05, 4.69) is 22.8 Å². The van der Waals surface area contributed by atoms with Gasteiger partial charge in [0, 0.05) is 26.2 Å². The van der Waals surface area contributed by atoms with Crippen LogP contribution in [0.1, 0.15) is 19.8 Å². The molecule has 0 N–H and O–H groups in total. The Labute approximate surface area is 145 Å². The van der Waals surface area contributed by atoms with Crippen LogP contribution >= 0.6 is 0 Å². The number of methoxy groups -OCH3 is 1. The van der Waals surface area contributed by atoms with Crippen molar-refractivity contribution in [1.29, 1.82) is 0 Å². The summed E-state index contributed by atoms with van der Waals surface area (Å²) in [6, 6.07) is 8.10. The molecular formula is C19H29N3O2. The van der Waals surface area contributed by atoms with E-state index >= 15 is 0 Å². The highest BCUT2D eigenvalue weighted by atomic mass is 16.5. The fraction of sp³-hybridized carbons (Fsp3) is 0.632. The van der Waals surface area contributed by atoms with Crippen LogP contribution in [0.4, 0.5) is 5.69 Å². The van der Waals surface area contributed by atoms with Crippen molar-refractivity contribution in [3.8, 4) is 5.75 Å². The van der Waals surface area contributed by atoms with Crippen molar-refractivity contribution in [2.75, 3.05) is 57.8 Å². The first-order valence-electron chi connectivity index (χ1n) is 9.05. The quantitative estimate of drug-likeness (QED) is 0.846. The first-order valence-corrected chi connectivity index (χ1v) is 9.05. The molecule has 0 spiro atoms. The number of amides is 1. The summed E-state index contributed by atoms with van der Waals surface area (Å²) in [6.07, 6.45) is 2.43. The first-order chi connectivity index (χ1) is 11.7. The number of likely N-dealkylation sites (tertiary alicyclic amines) is 1. The van der Waals surface area contributed by atoms with Crippen LogP contribution < -0.4 is 9.64 Å². The molecule has 5 heteroatoms. The van der Waals surface area contributed by atoms with Gasteiger partial charge in [-0.3, -0.25) is 9.69 Å². The van der Waals surface area contributed by atoms with Crippen LogP contribution in [0.25, 0.3) is 0 Å². The molecule has 0 aromatic heterocycles. The lowest BCUT2D eigenvalue weighted by Gasteiger charge is -2.38. The second-order valence-electron chi connectivity index (χ2n) is 7.00. The maximum atomic E-state index is 12.6. The maximum absolute atomic E-state index is 12.6. The zero-order chi connectivity index (χ0) is 16.9. The number of para-hydroxylation sites is 2. The van der Waals surface area contributed by atoms with E-state index in [1.807, 2.05) is 23.1 Å². The molecular weight excluding hydrogens is 302 g/mol. The van der Waals surface area contributed by atoms with Crippen molar-refractivity contribution in [2.45, 2.75) is 19.8 Å². The molecule has 2 saturated heterocycles. The zero-order valence-corrected chi connectivity index (χ0v) is 14.9. The second-order valence-corrected chi connectivity index (χ2v) is 7.00. The number of carbonyl (C=O) groups is 1. The van der Waals surface area contributed by atoms with Crippen molar-refractivity contribution < 1.29 is 9.53 Å². The fourth-order valence-electron chi connectivity index (χ4n) is 3.60. The fourth-order valence-corrected chi connectivity index (χ4v) is 3.60. The molecule has 24 heavy (non-hydrogen) atoms. The van der Waals surface area contributed by atoms with Crippen molar-refractivity contribution in [2.24, 2.45) is 5.92 Å². The Balaban J connectivity index is 1.50. The number of hydrogen-bond donors (Lipinski definition) is 0. The Morgan fingerprint density at radius 2 is 1.75 bits per heavy atom. The minimum Gasteiger partial charge on any atom is -0.495 e. The van der Waals surface area contributed by atoms with E-state index in [1.165, 1.54) is 12.8 Å². The molecule has 0 aliphatic carbocycles. The molecule has 2 heterocycles. The first kappa shape index (κ1) is 17.1. The number of benzene rings is 1. The molecule has 0 unspecified atom stereocenters. The molecule has 1 aromatic rings. The van der Waals surface area contributed by atoms with Gasteiger partial charge in [-0.15, -0.1) is 0 Å². The Hall–Kier alpha value is -1.75. The lowest BCUT2D eigenvalue weighted by Crippen LogP contribution is -2.52. The van der Waals surface area contributed by atoms with E-state index in [1.54, 1.807) is 7.11 Å². The number of piperidine rings is 1. The zero-order valence-electron chi connectivity index (χ0n) is 14.9. The molecule has 1 amide bonds. The normalized spacial score (nSPS) is 20.2. The van der Waals surface area contributed by atoms with Crippen LogP contribution in [0, 0.1) is 5.92 Å². The molecule has 0 saturated carbocycles. The highest BCUT2D eigenvalue weighted by Crippen LogP contribution is 2.28. The lowest BCUT2D eigenvalue weighted by atomic mass is 9.99. The van der Waals surface area contributed by atoms with Gasteiger partial charge in [-0.2, -0.15) is 0 Å². The lowest BCUT2D eigenvalue weighted by molar-refractivity contribution is -0.133. The smallest absolute Gasteiger partial charge is 0.236 e. The van der Waals surface area contributed by atoms with Gasteiger partial charge in [0.05, 0.1) is 19.3 Å². The van der Waals surface area contributed by atoms with E-state index in [0.717, 1.165) is 56.6 Å². The third kappa shape index (κ3) is 4.01. The van der Waals surface area contributed by atoms with E-state index in [-0.39, 0.29) is 5.91 Å². The summed E-state index contributed by atoms with van der Waals surface area (Å²) >= 11 is 0. The van der Waals surface area contributed by atoms with Gasteiger partial charge in [-0.05, 0) is 44.0 Å². The van der Waals surface area contributed by atoms with E-state index in [9.17, 15) is 4.79 Å². The molecule has 0 radical (unpaired) electrons. The minimum atomic E-state index is 0.282. The van der Waals surface area contributed by atoms with Gasteiger partial charge in [-0.25, -0.2) is 0 Å². The predicted molar refractivity (Wildman–Crippen MR) is 96.6 cm³/mol. The number of piperazine rings is 1. The van der Waals surface area contributed by atoms with Gasteiger partial charge in [0.2, 0.25) is 5.91 Å². The average Bonchev–Trinajstić information content (AvgIpc) is 2.63. The largest absolute Gasteiger partial charge is 0.495 e. The summed E-state index contributed by atoms with van der Waals surface area (Å²) in [4.78, 5) is 19.2. The maximum Gasteiger partial charge on any atom is 0.236 e. The summed E-state index contributed by atoms with van der Waals surface area (Å²) in [5, 5.41) is 0. The summed E-state index contributed by atoms with van der Waals surface area (Å²) in [5.41, 5.74) is 1.12. The number of hydrogen-bond acceptors (Lipinski definition) is 4. The summed E-state index contributed by atoms with van der Waals surface area (Å²) < 4.78 is 5.45. The molecule has 2 aliphatic rings. The van der Waals surface area contributed by atoms with Crippen LogP contribution in [0.5, 0.6) is 5.75 Å². The molecule has 1 aromatic carbocycles. The molecule has 2 aliphatic heterocycles. The SMILES string of the molecule is COc1ccccc1N1CCN(C(=O)CN2CCC(C)CC2)CC1. The minimum absolute atomic E-state index is 0.282. The van der Waals surface area contributed by atoms with Gasteiger partial charge in [0.1, 0.15) is 5.75 Å². The molecule has 3 rings (SSSR count). The van der Waals surface area contributed by atoms with Crippen molar-refractivity contribution in [3.05, 3.63) is 24.3 Å². The van der Waals surface area contributed by atoms with Gasteiger partial charge >= 0.3 is 0 Å². The van der Waals surface area contributed by atoms with Gasteiger partial charge in [0.25, 0.3) is 0 Å². The number of rotatable bonds is 4. The predicted octanol–water partition coefficient (Wildman–Crippen LogP) is 2.08. The molecule has 5 nitrogen and oxygen atoms in total. The Morgan fingerprint density at radius 3 is 2.42 bits per heavy atom. The van der Waals surface area contributed by atoms with Crippen molar-refractivity contribution in [3.63, 3.8) is 0 Å². The van der Waals surface area contributed by atoms with Crippen LogP contribution in [-0.4, -0.2) is 68.6 Å². The standard InChI is InChI=1S/C19H29N3O2/c1-16-7-9-20(10-8-16)15-19(23)22-13-11-21(12-14-22)17-5-3-4-6-18(17)24-2/h3-6,16H,7-15H2,1-2H3. The Kier molecular flexibility index (Phi) is 5.61. The second kappa shape index (κ2) is 7.88. The number of ether oxygens (including phenoxy) is 1. The van der Waals surface area contributed by atoms with Crippen molar-refractivity contribution in [1.82, 2.24) is 9.80 Å². The number of nitrogens with zero attached hydrogens (tertiary/aromatic N) is 3. The highest BCUT2D eigenvalue weighted by molar-refractivity contribution is 5.78. The average molecular weight is 331 g/mol. The van der Waals surface area contributed by atoms with E-state index in [4.69, 9.17) is 4.74 Å². The Bertz CT molecular complexity index is 547.